The zero-order valence-corrected chi connectivity index (χ0v) is 17.6. The van der Waals surface area contributed by atoms with E-state index in [9.17, 15) is 13.2 Å². The van der Waals surface area contributed by atoms with Gasteiger partial charge in [0, 0.05) is 19.2 Å². The lowest BCUT2D eigenvalue weighted by molar-refractivity contribution is 0.0735. The molecular formula is C24H24N2O3S. The molecule has 30 heavy (non-hydrogen) atoms. The van der Waals surface area contributed by atoms with E-state index in [0.29, 0.717) is 17.8 Å². The van der Waals surface area contributed by atoms with Crippen LogP contribution in [0.25, 0.3) is 0 Å². The van der Waals surface area contributed by atoms with Crippen LogP contribution in [0.1, 0.15) is 34.8 Å². The maximum Gasteiger partial charge on any atom is 0.264 e. The summed E-state index contributed by atoms with van der Waals surface area (Å²) >= 11 is 0. The van der Waals surface area contributed by atoms with Crippen LogP contribution >= 0.6 is 0 Å². The van der Waals surface area contributed by atoms with Crippen molar-refractivity contribution in [1.82, 2.24) is 4.90 Å². The minimum Gasteiger partial charge on any atom is -0.332 e. The Labute approximate surface area is 177 Å². The molecule has 0 bridgehead atoms. The van der Waals surface area contributed by atoms with Gasteiger partial charge in [0.25, 0.3) is 15.9 Å². The topological polar surface area (TPSA) is 57.7 Å². The highest BCUT2D eigenvalue weighted by Gasteiger charge is 2.31. The van der Waals surface area contributed by atoms with Crippen LogP contribution in [0.5, 0.6) is 0 Å². The molecule has 1 unspecified atom stereocenters. The summed E-state index contributed by atoms with van der Waals surface area (Å²) in [5.74, 6) is -0.138. The first kappa shape index (κ1) is 20.2. The van der Waals surface area contributed by atoms with Gasteiger partial charge in [-0.25, -0.2) is 8.42 Å². The Morgan fingerprint density at radius 1 is 0.933 bits per heavy atom. The Morgan fingerprint density at radius 2 is 1.60 bits per heavy atom. The van der Waals surface area contributed by atoms with Gasteiger partial charge in [0.2, 0.25) is 0 Å². The van der Waals surface area contributed by atoms with Gasteiger partial charge in [0.15, 0.2) is 0 Å². The highest BCUT2D eigenvalue weighted by molar-refractivity contribution is 7.92. The van der Waals surface area contributed by atoms with Crippen molar-refractivity contribution in [2.24, 2.45) is 0 Å². The van der Waals surface area contributed by atoms with E-state index in [1.165, 1.54) is 23.5 Å². The minimum atomic E-state index is -3.77. The molecule has 0 aliphatic carbocycles. The van der Waals surface area contributed by atoms with E-state index >= 15 is 0 Å². The van der Waals surface area contributed by atoms with E-state index in [1.807, 2.05) is 41.3 Å². The zero-order chi connectivity index (χ0) is 21.1. The average Bonchev–Trinajstić information content (AvgIpc) is 3.29. The van der Waals surface area contributed by atoms with Crippen molar-refractivity contribution in [3.05, 3.63) is 96.1 Å². The Hall–Kier alpha value is -3.12. The van der Waals surface area contributed by atoms with Crippen molar-refractivity contribution in [2.75, 3.05) is 17.9 Å². The molecule has 0 N–H and O–H groups in total. The first-order chi connectivity index (χ1) is 14.5. The third-order valence-corrected chi connectivity index (χ3v) is 7.34. The van der Waals surface area contributed by atoms with Gasteiger partial charge in [-0.05, 0) is 48.7 Å². The second-order valence-corrected chi connectivity index (χ2v) is 9.37. The monoisotopic (exact) mass is 420 g/mol. The predicted octanol–water partition coefficient (Wildman–Crippen LogP) is 4.49. The number of anilines is 1. The van der Waals surface area contributed by atoms with E-state index < -0.39 is 10.0 Å². The van der Waals surface area contributed by atoms with Gasteiger partial charge in [0.1, 0.15) is 0 Å². The molecule has 0 spiro atoms. The van der Waals surface area contributed by atoms with Gasteiger partial charge in [-0.1, -0.05) is 54.6 Å². The molecule has 0 saturated carbocycles. The van der Waals surface area contributed by atoms with Gasteiger partial charge >= 0.3 is 0 Å². The Balaban J connectivity index is 1.62. The molecule has 1 aliphatic rings. The summed E-state index contributed by atoms with van der Waals surface area (Å²) in [6, 6.07) is 25.2. The van der Waals surface area contributed by atoms with Gasteiger partial charge < -0.3 is 4.90 Å². The molecule has 1 amide bonds. The number of likely N-dealkylation sites (tertiary alicyclic amines) is 1. The fourth-order valence-electron chi connectivity index (χ4n) is 3.92. The Bertz CT molecular complexity index is 1130. The molecule has 154 valence electrons. The molecule has 4 rings (SSSR count). The highest BCUT2D eigenvalue weighted by atomic mass is 32.2. The molecule has 1 fully saturated rings. The fourth-order valence-corrected chi connectivity index (χ4v) is 5.16. The lowest BCUT2D eigenvalue weighted by Gasteiger charge is -2.25. The van der Waals surface area contributed by atoms with Gasteiger partial charge in [-0.15, -0.1) is 0 Å². The number of para-hydroxylation sites is 1. The molecule has 1 aliphatic heterocycles. The number of nitrogens with zero attached hydrogens (tertiary/aromatic N) is 2. The van der Waals surface area contributed by atoms with Crippen molar-refractivity contribution in [3.8, 4) is 0 Å². The SMILES string of the molecule is CN(c1ccccc1)S(=O)(=O)c1cccc(C(=O)N2CCCC2c2ccccc2)c1. The summed E-state index contributed by atoms with van der Waals surface area (Å²) in [5.41, 5.74) is 2.06. The van der Waals surface area contributed by atoms with Crippen molar-refractivity contribution in [2.45, 2.75) is 23.8 Å². The van der Waals surface area contributed by atoms with E-state index in [-0.39, 0.29) is 16.8 Å². The average molecular weight is 421 g/mol. The van der Waals surface area contributed by atoms with Crippen LogP contribution in [-0.4, -0.2) is 32.8 Å². The molecule has 6 heteroatoms. The summed E-state index contributed by atoms with van der Waals surface area (Å²) in [5, 5.41) is 0. The number of sulfonamides is 1. The number of hydrogen-bond donors (Lipinski definition) is 0. The van der Waals surface area contributed by atoms with E-state index in [4.69, 9.17) is 0 Å². The smallest absolute Gasteiger partial charge is 0.264 e. The van der Waals surface area contributed by atoms with Crippen LogP contribution in [0.3, 0.4) is 0 Å². The van der Waals surface area contributed by atoms with Crippen LogP contribution in [0.4, 0.5) is 5.69 Å². The lowest BCUT2D eigenvalue weighted by atomic mass is 10.0. The molecule has 0 aromatic heterocycles. The van der Waals surface area contributed by atoms with Gasteiger partial charge in [0.05, 0.1) is 16.6 Å². The van der Waals surface area contributed by atoms with Crippen LogP contribution in [0.2, 0.25) is 0 Å². The number of carbonyl (C=O) groups is 1. The third kappa shape index (κ3) is 3.83. The number of carbonyl (C=O) groups excluding carboxylic acids is 1. The summed E-state index contributed by atoms with van der Waals surface area (Å²) in [7, 11) is -2.26. The van der Waals surface area contributed by atoms with Crippen LogP contribution in [0.15, 0.2) is 89.8 Å². The summed E-state index contributed by atoms with van der Waals surface area (Å²) < 4.78 is 27.5. The number of benzene rings is 3. The first-order valence-electron chi connectivity index (χ1n) is 9.98. The molecule has 3 aromatic rings. The molecule has 1 saturated heterocycles. The van der Waals surface area contributed by atoms with Crippen LogP contribution in [-0.2, 0) is 10.0 Å². The summed E-state index contributed by atoms with van der Waals surface area (Å²) in [4.78, 5) is 15.2. The fraction of sp³-hybridized carbons (Fsp3) is 0.208. The molecule has 1 heterocycles. The number of amides is 1. The molecule has 1 atom stereocenters. The maximum atomic E-state index is 13.3. The number of rotatable bonds is 5. The van der Waals surface area contributed by atoms with E-state index in [2.05, 4.69) is 0 Å². The van der Waals surface area contributed by atoms with Crippen molar-refractivity contribution in [3.63, 3.8) is 0 Å². The predicted molar refractivity (Wildman–Crippen MR) is 118 cm³/mol. The normalized spacial score (nSPS) is 16.4. The van der Waals surface area contributed by atoms with Gasteiger partial charge in [-0.3, -0.25) is 9.10 Å². The first-order valence-corrected chi connectivity index (χ1v) is 11.4. The molecule has 0 radical (unpaired) electrons. The zero-order valence-electron chi connectivity index (χ0n) is 16.8. The minimum absolute atomic E-state index is 0.0194. The van der Waals surface area contributed by atoms with Crippen molar-refractivity contribution < 1.29 is 13.2 Å². The van der Waals surface area contributed by atoms with Gasteiger partial charge in [-0.2, -0.15) is 0 Å². The maximum absolute atomic E-state index is 13.3. The molecule has 5 nitrogen and oxygen atoms in total. The van der Waals surface area contributed by atoms with Crippen LogP contribution in [0, 0.1) is 0 Å². The summed E-state index contributed by atoms with van der Waals surface area (Å²) in [6.45, 7) is 0.666. The largest absolute Gasteiger partial charge is 0.332 e. The van der Waals surface area contributed by atoms with Crippen molar-refractivity contribution in [1.29, 1.82) is 0 Å². The lowest BCUT2D eigenvalue weighted by Crippen LogP contribution is -2.31. The third-order valence-electron chi connectivity index (χ3n) is 5.56. The molecular weight excluding hydrogens is 396 g/mol. The second kappa shape index (κ2) is 8.32. The highest BCUT2D eigenvalue weighted by Crippen LogP contribution is 2.33. The Morgan fingerprint density at radius 3 is 2.30 bits per heavy atom. The Kier molecular flexibility index (Phi) is 5.59. The quantitative estimate of drug-likeness (QED) is 0.611. The van der Waals surface area contributed by atoms with E-state index in [1.54, 1.807) is 36.4 Å². The second-order valence-electron chi connectivity index (χ2n) is 7.40. The molecule has 3 aromatic carbocycles. The van der Waals surface area contributed by atoms with Crippen LogP contribution < -0.4 is 4.31 Å². The summed E-state index contributed by atoms with van der Waals surface area (Å²) in [6.07, 6.45) is 1.84. The number of hydrogen-bond acceptors (Lipinski definition) is 3. The standard InChI is InChI=1S/C24H24N2O3S/c1-25(21-13-6-3-7-14-21)30(28,29)22-15-8-12-20(18-22)24(27)26-17-9-16-23(26)19-10-4-2-5-11-19/h2-8,10-15,18,23H,9,16-17H2,1H3. The van der Waals surface area contributed by atoms with Crippen molar-refractivity contribution >= 4 is 21.6 Å². The van der Waals surface area contributed by atoms with E-state index in [0.717, 1.165) is 18.4 Å².